The number of ether oxygens (including phenoxy) is 1. The Labute approximate surface area is 140 Å². The van der Waals surface area contributed by atoms with E-state index in [2.05, 4.69) is 0 Å². The molecule has 0 unspecified atom stereocenters. The number of hydrogen-bond acceptors (Lipinski definition) is 5. The summed E-state index contributed by atoms with van der Waals surface area (Å²) in [7, 11) is -3.05. The quantitative estimate of drug-likeness (QED) is 0.829. The molecule has 1 fully saturated rings. The fourth-order valence-corrected chi connectivity index (χ4v) is 4.56. The molecule has 1 saturated heterocycles. The molecule has 0 aliphatic carbocycles. The monoisotopic (exact) mass is 349 g/mol. The molecule has 2 heterocycles. The van der Waals surface area contributed by atoms with Crippen LogP contribution >= 0.6 is 0 Å². The van der Waals surface area contributed by atoms with Gasteiger partial charge in [0.15, 0.2) is 15.6 Å². The topological polar surface area (TPSA) is 76.8 Å². The van der Waals surface area contributed by atoms with E-state index >= 15 is 0 Å². The van der Waals surface area contributed by atoms with Crippen molar-refractivity contribution in [2.45, 2.75) is 19.4 Å². The number of carbonyl (C=O) groups excluding carboxylic acids is 1. The van der Waals surface area contributed by atoms with E-state index in [0.717, 1.165) is 0 Å². The van der Waals surface area contributed by atoms with Crippen molar-refractivity contribution < 1.29 is 22.4 Å². The summed E-state index contributed by atoms with van der Waals surface area (Å²) in [5.74, 6) is 0.803. The van der Waals surface area contributed by atoms with Crippen molar-refractivity contribution in [1.29, 1.82) is 0 Å². The molecule has 1 aliphatic heterocycles. The second kappa shape index (κ2) is 6.68. The molecular formula is C17H19NO5S. The molecule has 0 radical (unpaired) electrons. The van der Waals surface area contributed by atoms with E-state index in [1.165, 1.54) is 0 Å². The Hall–Kier alpha value is -2.28. The third-order valence-electron chi connectivity index (χ3n) is 4.00. The Bertz CT molecular complexity index is 813. The highest BCUT2D eigenvalue weighted by Gasteiger charge is 2.35. The summed E-state index contributed by atoms with van der Waals surface area (Å²) in [6.45, 7) is 2.25. The minimum atomic E-state index is -3.05. The van der Waals surface area contributed by atoms with Gasteiger partial charge in [0.25, 0.3) is 11.9 Å². The highest BCUT2D eigenvalue weighted by Crippen LogP contribution is 2.26. The zero-order valence-corrected chi connectivity index (χ0v) is 14.2. The molecule has 1 aromatic heterocycles. The van der Waals surface area contributed by atoms with Gasteiger partial charge >= 0.3 is 0 Å². The summed E-state index contributed by atoms with van der Waals surface area (Å²) >= 11 is 0. The molecule has 1 amide bonds. The maximum absolute atomic E-state index is 12.6. The fraction of sp³-hybridized carbons (Fsp3) is 0.353. The van der Waals surface area contributed by atoms with Crippen molar-refractivity contribution in [3.63, 3.8) is 0 Å². The number of carbonyl (C=O) groups is 1. The van der Waals surface area contributed by atoms with E-state index in [4.69, 9.17) is 9.15 Å². The third kappa shape index (κ3) is 3.62. The zero-order valence-electron chi connectivity index (χ0n) is 13.3. The number of para-hydroxylation sites is 1. The second-order valence-electron chi connectivity index (χ2n) is 5.68. The van der Waals surface area contributed by atoms with Gasteiger partial charge in [-0.15, -0.1) is 0 Å². The molecular weight excluding hydrogens is 330 g/mol. The van der Waals surface area contributed by atoms with Gasteiger partial charge in [0, 0.05) is 18.7 Å². The van der Waals surface area contributed by atoms with E-state index in [-0.39, 0.29) is 35.2 Å². The van der Waals surface area contributed by atoms with Gasteiger partial charge < -0.3 is 14.1 Å². The maximum atomic E-state index is 12.6. The fourth-order valence-electron chi connectivity index (χ4n) is 2.82. The van der Waals surface area contributed by atoms with Gasteiger partial charge in [-0.05, 0) is 31.5 Å². The van der Waals surface area contributed by atoms with Crippen LogP contribution in [0.15, 0.2) is 46.9 Å². The predicted octanol–water partition coefficient (Wildman–Crippen LogP) is 2.72. The molecule has 0 spiro atoms. The summed E-state index contributed by atoms with van der Waals surface area (Å²) in [6.07, 6.45) is 0.468. The van der Waals surface area contributed by atoms with Gasteiger partial charge in [0.2, 0.25) is 0 Å². The predicted molar refractivity (Wildman–Crippen MR) is 89.0 cm³/mol. The van der Waals surface area contributed by atoms with Crippen LogP contribution in [0.5, 0.6) is 11.7 Å². The van der Waals surface area contributed by atoms with Crippen molar-refractivity contribution in [1.82, 2.24) is 4.90 Å². The number of furan rings is 1. The Kier molecular flexibility index (Phi) is 4.62. The van der Waals surface area contributed by atoms with Crippen molar-refractivity contribution in [3.05, 3.63) is 48.2 Å². The first-order valence-electron chi connectivity index (χ1n) is 7.82. The lowest BCUT2D eigenvalue weighted by molar-refractivity contribution is 0.0671. The number of hydrogen-bond donors (Lipinski definition) is 0. The van der Waals surface area contributed by atoms with Crippen LogP contribution in [-0.2, 0) is 9.84 Å². The lowest BCUT2D eigenvalue weighted by atomic mass is 10.2. The standard InChI is InChI=1S/C17H19NO5S/c1-2-18(13-10-11-24(20,21)12-13)17(19)15-8-9-16(23-15)22-14-6-4-3-5-7-14/h3-9,13H,2,10-12H2,1H3/t13-/m0/s1. The van der Waals surface area contributed by atoms with Gasteiger partial charge in [-0.25, -0.2) is 8.42 Å². The third-order valence-corrected chi connectivity index (χ3v) is 5.75. The first kappa shape index (κ1) is 16.6. The summed E-state index contributed by atoms with van der Waals surface area (Å²) in [5.41, 5.74) is 0. The van der Waals surface area contributed by atoms with Crippen LogP contribution < -0.4 is 4.74 Å². The molecule has 0 N–H and O–H groups in total. The van der Waals surface area contributed by atoms with Crippen molar-refractivity contribution in [2.24, 2.45) is 0 Å². The summed E-state index contributed by atoms with van der Waals surface area (Å²) in [5, 5.41) is 0. The number of nitrogens with zero attached hydrogens (tertiary/aromatic N) is 1. The molecule has 128 valence electrons. The van der Waals surface area contributed by atoms with Gasteiger partial charge in [-0.2, -0.15) is 0 Å². The van der Waals surface area contributed by atoms with Gasteiger partial charge in [0.1, 0.15) is 5.75 Å². The Morgan fingerprint density at radius 1 is 1.25 bits per heavy atom. The highest BCUT2D eigenvalue weighted by molar-refractivity contribution is 7.91. The van der Waals surface area contributed by atoms with Crippen LogP contribution in [0.4, 0.5) is 0 Å². The van der Waals surface area contributed by atoms with E-state index in [0.29, 0.717) is 18.7 Å². The molecule has 0 saturated carbocycles. The molecule has 2 aromatic rings. The maximum Gasteiger partial charge on any atom is 0.290 e. The average Bonchev–Trinajstić information content (AvgIpc) is 3.16. The molecule has 1 atom stereocenters. The molecule has 3 rings (SSSR count). The SMILES string of the molecule is CCN(C(=O)c1ccc(Oc2ccccc2)o1)[C@H]1CCS(=O)(=O)C1. The van der Waals surface area contributed by atoms with Crippen molar-refractivity contribution in [3.8, 4) is 11.7 Å². The van der Waals surface area contributed by atoms with Crippen molar-refractivity contribution >= 4 is 15.7 Å². The Morgan fingerprint density at radius 2 is 2.00 bits per heavy atom. The van der Waals surface area contributed by atoms with Gasteiger partial charge in [0.05, 0.1) is 11.5 Å². The number of rotatable bonds is 5. The minimum absolute atomic E-state index is 0.0145. The normalized spacial score (nSPS) is 19.1. The minimum Gasteiger partial charge on any atom is -0.426 e. The molecule has 24 heavy (non-hydrogen) atoms. The van der Waals surface area contributed by atoms with Crippen LogP contribution in [0.2, 0.25) is 0 Å². The molecule has 1 aliphatic rings. The smallest absolute Gasteiger partial charge is 0.290 e. The first-order valence-corrected chi connectivity index (χ1v) is 9.65. The van der Waals surface area contributed by atoms with Gasteiger partial charge in [-0.3, -0.25) is 4.79 Å². The average molecular weight is 349 g/mol. The van der Waals surface area contributed by atoms with Crippen LogP contribution in [0.25, 0.3) is 0 Å². The van der Waals surface area contributed by atoms with Crippen LogP contribution in [0, 0.1) is 0 Å². The summed E-state index contributed by atoms with van der Waals surface area (Å²) in [4.78, 5) is 14.2. The zero-order chi connectivity index (χ0) is 17.2. The lowest BCUT2D eigenvalue weighted by Crippen LogP contribution is -2.40. The summed E-state index contributed by atoms with van der Waals surface area (Å²) in [6, 6.07) is 12.0. The van der Waals surface area contributed by atoms with Crippen molar-refractivity contribution in [2.75, 3.05) is 18.1 Å². The van der Waals surface area contributed by atoms with Crippen LogP contribution in [0.1, 0.15) is 23.9 Å². The molecule has 1 aromatic carbocycles. The number of sulfone groups is 1. The van der Waals surface area contributed by atoms with Crippen LogP contribution in [0.3, 0.4) is 0 Å². The summed E-state index contributed by atoms with van der Waals surface area (Å²) < 4.78 is 34.3. The highest BCUT2D eigenvalue weighted by atomic mass is 32.2. The first-order chi connectivity index (χ1) is 11.5. The Morgan fingerprint density at radius 3 is 2.62 bits per heavy atom. The van der Waals surface area contributed by atoms with E-state index in [1.54, 1.807) is 29.2 Å². The molecule has 7 heteroatoms. The van der Waals surface area contributed by atoms with E-state index in [9.17, 15) is 13.2 Å². The van der Waals surface area contributed by atoms with E-state index < -0.39 is 9.84 Å². The Balaban J connectivity index is 1.72. The molecule has 0 bridgehead atoms. The van der Waals surface area contributed by atoms with E-state index in [1.807, 2.05) is 25.1 Å². The number of amides is 1. The second-order valence-corrected chi connectivity index (χ2v) is 7.91. The number of benzene rings is 1. The molecule has 6 nitrogen and oxygen atoms in total. The lowest BCUT2D eigenvalue weighted by Gasteiger charge is -2.25. The van der Waals surface area contributed by atoms with Crippen LogP contribution in [-0.4, -0.2) is 43.3 Å². The largest absolute Gasteiger partial charge is 0.426 e. The van der Waals surface area contributed by atoms with Gasteiger partial charge in [-0.1, -0.05) is 18.2 Å².